The Balaban J connectivity index is 1.80. The first-order valence-corrected chi connectivity index (χ1v) is 5.88. The van der Waals surface area contributed by atoms with Crippen LogP contribution in [0, 0.1) is 4.84 Å². The van der Waals surface area contributed by atoms with Crippen LogP contribution in [0.4, 0.5) is 0 Å². The van der Waals surface area contributed by atoms with Crippen molar-refractivity contribution in [3.05, 3.63) is 53.2 Å². The van der Waals surface area contributed by atoms with E-state index in [1.807, 2.05) is 36.4 Å². The minimum absolute atomic E-state index is 0.255. The van der Waals surface area contributed by atoms with E-state index in [1.54, 1.807) is 0 Å². The van der Waals surface area contributed by atoms with Crippen LogP contribution in [0.25, 0.3) is 10.8 Å². The number of ether oxygens (including phenoxy) is 1. The zero-order valence-electron chi connectivity index (χ0n) is 9.42. The van der Waals surface area contributed by atoms with Crippen LogP contribution < -0.4 is 4.74 Å². The minimum Gasteiger partial charge on any atom is -0.484 e. The Kier molecular flexibility index (Phi) is 2.82. The molecule has 0 amide bonds. The third-order valence-electron chi connectivity index (χ3n) is 2.57. The highest BCUT2D eigenvalue weighted by Gasteiger charge is 2.02. The summed E-state index contributed by atoms with van der Waals surface area (Å²) >= 11 is 4.79. The van der Waals surface area contributed by atoms with Gasteiger partial charge in [-0.25, -0.2) is 5.10 Å². The van der Waals surface area contributed by atoms with Crippen LogP contribution in [0.3, 0.4) is 0 Å². The van der Waals surface area contributed by atoms with E-state index in [4.69, 9.17) is 21.4 Å². The molecule has 0 aliphatic carbocycles. The standard InChI is InChI=1S/C13H10N2O2S/c18-13-15-14-12(17-13)8-16-11-6-5-9-3-1-2-4-10(9)7-11/h1-7H,8H2,(H,15,18). The van der Waals surface area contributed by atoms with Crippen molar-refractivity contribution in [2.75, 3.05) is 0 Å². The smallest absolute Gasteiger partial charge is 0.284 e. The molecule has 0 unspecified atom stereocenters. The maximum atomic E-state index is 5.59. The fourth-order valence-corrected chi connectivity index (χ4v) is 1.87. The second kappa shape index (κ2) is 4.62. The van der Waals surface area contributed by atoms with Crippen LogP contribution >= 0.6 is 12.2 Å². The molecule has 1 N–H and O–H groups in total. The number of aromatic amines is 1. The number of aromatic nitrogens is 2. The zero-order valence-corrected chi connectivity index (χ0v) is 10.2. The van der Waals surface area contributed by atoms with Crippen LogP contribution in [0.5, 0.6) is 5.75 Å². The van der Waals surface area contributed by atoms with Crippen molar-refractivity contribution in [3.63, 3.8) is 0 Å². The SMILES string of the molecule is S=c1[nH]nc(COc2ccc3ccccc3c2)o1. The molecule has 0 aliphatic heterocycles. The normalized spacial score (nSPS) is 10.7. The highest BCUT2D eigenvalue weighted by atomic mass is 32.1. The summed E-state index contributed by atoms with van der Waals surface area (Å²) < 4.78 is 10.7. The van der Waals surface area contributed by atoms with E-state index >= 15 is 0 Å². The second-order valence-corrected chi connectivity index (χ2v) is 4.18. The Bertz CT molecular complexity index is 733. The van der Waals surface area contributed by atoms with Crippen molar-refractivity contribution >= 4 is 23.0 Å². The van der Waals surface area contributed by atoms with Gasteiger partial charge in [-0.2, -0.15) is 0 Å². The first-order valence-electron chi connectivity index (χ1n) is 5.47. The van der Waals surface area contributed by atoms with Gasteiger partial charge in [0, 0.05) is 0 Å². The molecule has 0 atom stereocenters. The van der Waals surface area contributed by atoms with Crippen LogP contribution in [-0.2, 0) is 6.61 Å². The van der Waals surface area contributed by atoms with Crippen LogP contribution in [0.15, 0.2) is 46.9 Å². The molecule has 0 bridgehead atoms. The first kappa shape index (κ1) is 11.0. The lowest BCUT2D eigenvalue weighted by molar-refractivity contribution is 0.262. The number of nitrogens with one attached hydrogen (secondary N) is 1. The summed E-state index contributed by atoms with van der Waals surface area (Å²) in [6.45, 7) is 0.255. The van der Waals surface area contributed by atoms with Crippen LogP contribution in [-0.4, -0.2) is 10.2 Å². The topological polar surface area (TPSA) is 51.0 Å². The molecule has 5 heteroatoms. The molecule has 3 rings (SSSR count). The van der Waals surface area contributed by atoms with Crippen LogP contribution in [0.1, 0.15) is 5.89 Å². The predicted molar refractivity (Wildman–Crippen MR) is 70.0 cm³/mol. The Morgan fingerprint density at radius 1 is 1.17 bits per heavy atom. The highest BCUT2D eigenvalue weighted by molar-refractivity contribution is 7.71. The van der Waals surface area contributed by atoms with E-state index in [0.29, 0.717) is 5.89 Å². The number of rotatable bonds is 3. The van der Waals surface area contributed by atoms with E-state index in [-0.39, 0.29) is 11.4 Å². The number of H-pyrrole nitrogens is 1. The predicted octanol–water partition coefficient (Wildman–Crippen LogP) is 3.46. The summed E-state index contributed by atoms with van der Waals surface area (Å²) in [5.41, 5.74) is 0. The molecular weight excluding hydrogens is 248 g/mol. The molecule has 2 aromatic carbocycles. The molecule has 0 saturated carbocycles. The molecule has 0 spiro atoms. The summed E-state index contributed by atoms with van der Waals surface area (Å²) in [7, 11) is 0. The number of fused-ring (bicyclic) bond motifs is 1. The second-order valence-electron chi connectivity index (χ2n) is 3.80. The van der Waals surface area contributed by atoms with E-state index in [1.165, 1.54) is 5.39 Å². The van der Waals surface area contributed by atoms with Crippen molar-refractivity contribution in [2.24, 2.45) is 0 Å². The van der Waals surface area contributed by atoms with E-state index < -0.39 is 0 Å². The Hall–Kier alpha value is -2.14. The molecule has 0 fully saturated rings. The third kappa shape index (κ3) is 2.26. The zero-order chi connectivity index (χ0) is 12.4. The van der Waals surface area contributed by atoms with Gasteiger partial charge in [-0.05, 0) is 35.1 Å². The molecule has 90 valence electrons. The largest absolute Gasteiger partial charge is 0.484 e. The molecule has 1 heterocycles. The van der Waals surface area contributed by atoms with Gasteiger partial charge in [0.1, 0.15) is 5.75 Å². The van der Waals surface area contributed by atoms with Gasteiger partial charge in [-0.15, -0.1) is 5.10 Å². The molecule has 1 aromatic heterocycles. The lowest BCUT2D eigenvalue weighted by atomic mass is 10.1. The van der Waals surface area contributed by atoms with E-state index in [9.17, 15) is 0 Å². The molecule has 0 radical (unpaired) electrons. The van der Waals surface area contributed by atoms with Gasteiger partial charge in [0.2, 0.25) is 0 Å². The van der Waals surface area contributed by atoms with Gasteiger partial charge in [-0.1, -0.05) is 30.3 Å². The quantitative estimate of drug-likeness (QED) is 0.731. The lowest BCUT2D eigenvalue weighted by Gasteiger charge is -2.04. The third-order valence-corrected chi connectivity index (χ3v) is 2.74. The van der Waals surface area contributed by atoms with Gasteiger partial charge in [0.05, 0.1) is 0 Å². The molecule has 18 heavy (non-hydrogen) atoms. The van der Waals surface area contributed by atoms with Gasteiger partial charge in [0.15, 0.2) is 6.61 Å². The summed E-state index contributed by atoms with van der Waals surface area (Å²) in [5.74, 6) is 1.21. The monoisotopic (exact) mass is 258 g/mol. The molecule has 4 nitrogen and oxygen atoms in total. The van der Waals surface area contributed by atoms with E-state index in [0.717, 1.165) is 11.1 Å². The number of nitrogens with zero attached hydrogens (tertiary/aromatic N) is 1. The van der Waals surface area contributed by atoms with Gasteiger partial charge < -0.3 is 9.15 Å². The van der Waals surface area contributed by atoms with Crippen molar-refractivity contribution < 1.29 is 9.15 Å². The molecule has 0 aliphatic rings. The molecule has 3 aromatic rings. The van der Waals surface area contributed by atoms with Crippen molar-refractivity contribution in [3.8, 4) is 5.75 Å². The summed E-state index contributed by atoms with van der Waals surface area (Å²) in [6.07, 6.45) is 0. The van der Waals surface area contributed by atoms with Crippen LogP contribution in [0.2, 0.25) is 0 Å². The first-order chi connectivity index (χ1) is 8.81. The Morgan fingerprint density at radius 3 is 2.78 bits per heavy atom. The molecular formula is C13H10N2O2S. The van der Waals surface area contributed by atoms with Gasteiger partial charge in [-0.3, -0.25) is 0 Å². The lowest BCUT2D eigenvalue weighted by Crippen LogP contribution is -1.95. The maximum absolute atomic E-state index is 5.59. The Labute approximate surface area is 108 Å². The summed E-state index contributed by atoms with van der Waals surface area (Å²) in [5, 5.41) is 8.74. The van der Waals surface area contributed by atoms with E-state index in [2.05, 4.69) is 16.3 Å². The van der Waals surface area contributed by atoms with Crippen molar-refractivity contribution in [1.29, 1.82) is 0 Å². The summed E-state index contributed by atoms with van der Waals surface area (Å²) in [6, 6.07) is 14.0. The Morgan fingerprint density at radius 2 is 2.00 bits per heavy atom. The minimum atomic E-state index is 0.255. The average molecular weight is 258 g/mol. The fraction of sp³-hybridized carbons (Fsp3) is 0.0769. The van der Waals surface area contributed by atoms with Gasteiger partial charge >= 0.3 is 0 Å². The fourth-order valence-electron chi connectivity index (χ4n) is 1.72. The number of benzene rings is 2. The summed E-state index contributed by atoms with van der Waals surface area (Å²) in [4.78, 5) is 0.257. The highest BCUT2D eigenvalue weighted by Crippen LogP contribution is 2.21. The average Bonchev–Trinajstić information content (AvgIpc) is 2.82. The molecule has 0 saturated heterocycles. The number of hydrogen-bond donors (Lipinski definition) is 1. The maximum Gasteiger partial charge on any atom is 0.284 e. The van der Waals surface area contributed by atoms with Crippen molar-refractivity contribution in [1.82, 2.24) is 10.2 Å². The van der Waals surface area contributed by atoms with Crippen molar-refractivity contribution in [2.45, 2.75) is 6.61 Å². The number of hydrogen-bond acceptors (Lipinski definition) is 4. The van der Waals surface area contributed by atoms with Gasteiger partial charge in [0.25, 0.3) is 10.7 Å².